The molecule has 1 aromatic heterocycles. The summed E-state index contributed by atoms with van der Waals surface area (Å²) in [6.07, 6.45) is 3.73. The maximum Gasteiger partial charge on any atom is 0.254 e. The summed E-state index contributed by atoms with van der Waals surface area (Å²) in [5.74, 6) is 0.693. The van der Waals surface area contributed by atoms with Gasteiger partial charge in [-0.1, -0.05) is 6.07 Å². The molecule has 1 amide bonds. The van der Waals surface area contributed by atoms with Gasteiger partial charge in [0.2, 0.25) is 0 Å². The minimum absolute atomic E-state index is 0.0438. The monoisotopic (exact) mass is 326 g/mol. The van der Waals surface area contributed by atoms with Crippen LogP contribution in [-0.2, 0) is 6.42 Å². The summed E-state index contributed by atoms with van der Waals surface area (Å²) in [4.78, 5) is 18.6. The number of aliphatic hydroxyl groups excluding tert-OH is 1. The number of amides is 1. The Morgan fingerprint density at radius 3 is 2.75 bits per heavy atom. The van der Waals surface area contributed by atoms with Crippen molar-refractivity contribution in [3.05, 3.63) is 59.4 Å². The Labute approximate surface area is 141 Å². The number of aromatic nitrogens is 1. The second-order valence-electron chi connectivity index (χ2n) is 6.23. The lowest BCUT2D eigenvalue weighted by Gasteiger charge is -2.18. The maximum absolute atomic E-state index is 12.8. The van der Waals surface area contributed by atoms with Gasteiger partial charge in [0.1, 0.15) is 5.75 Å². The third kappa shape index (κ3) is 3.26. The van der Waals surface area contributed by atoms with E-state index in [2.05, 4.69) is 4.98 Å². The predicted octanol–water partition coefficient (Wildman–Crippen LogP) is 2.07. The molecule has 0 saturated carbocycles. The summed E-state index contributed by atoms with van der Waals surface area (Å²) in [6.45, 7) is 2.80. The molecule has 0 aliphatic carbocycles. The minimum Gasteiger partial charge on any atom is -0.496 e. The van der Waals surface area contributed by atoms with E-state index in [1.165, 1.54) is 0 Å². The topological polar surface area (TPSA) is 62.7 Å². The highest BCUT2D eigenvalue weighted by molar-refractivity contribution is 5.96. The van der Waals surface area contributed by atoms with Gasteiger partial charge >= 0.3 is 0 Å². The Morgan fingerprint density at radius 2 is 2.04 bits per heavy atom. The molecule has 0 bridgehead atoms. The Hall–Kier alpha value is -2.40. The molecule has 1 saturated heterocycles. The molecule has 2 aromatic rings. The third-order valence-electron chi connectivity index (χ3n) is 4.68. The normalized spacial score (nSPS) is 20.2. The van der Waals surface area contributed by atoms with Crippen molar-refractivity contribution in [1.29, 1.82) is 0 Å². The molecule has 0 spiro atoms. The fraction of sp³-hybridized carbons (Fsp3) is 0.368. The number of hydrogen-bond donors (Lipinski definition) is 1. The van der Waals surface area contributed by atoms with Crippen LogP contribution in [0.2, 0.25) is 0 Å². The van der Waals surface area contributed by atoms with E-state index < -0.39 is 6.10 Å². The van der Waals surface area contributed by atoms with E-state index in [1.807, 2.05) is 37.3 Å². The summed E-state index contributed by atoms with van der Waals surface area (Å²) in [6, 6.07) is 9.37. The number of pyridine rings is 1. The van der Waals surface area contributed by atoms with Crippen molar-refractivity contribution in [2.24, 2.45) is 5.92 Å². The molecule has 1 N–H and O–H groups in total. The van der Waals surface area contributed by atoms with Gasteiger partial charge in [-0.3, -0.25) is 9.78 Å². The molecule has 3 rings (SSSR count). The van der Waals surface area contributed by atoms with E-state index in [0.717, 1.165) is 17.5 Å². The number of hydrogen-bond acceptors (Lipinski definition) is 4. The first-order valence-electron chi connectivity index (χ1n) is 8.10. The van der Waals surface area contributed by atoms with Gasteiger partial charge in [0.05, 0.1) is 13.2 Å². The molecule has 0 unspecified atom stereocenters. The highest BCUT2D eigenvalue weighted by Gasteiger charge is 2.34. The molecule has 1 fully saturated rings. The standard InChI is InChI=1S/C19H22N2O3/c1-13-16(4-3-5-18(13)24-2)19(23)21-11-15(17(22)12-21)10-14-6-8-20-9-7-14/h3-9,15,17,22H,10-12H2,1-2H3/t15-,17+/m1/s1. The van der Waals surface area contributed by atoms with Crippen LogP contribution in [0.4, 0.5) is 0 Å². The Morgan fingerprint density at radius 1 is 1.29 bits per heavy atom. The number of carbonyl (C=O) groups is 1. The number of methoxy groups -OCH3 is 1. The fourth-order valence-electron chi connectivity index (χ4n) is 3.28. The molecule has 0 radical (unpaired) electrons. The molecule has 5 nitrogen and oxygen atoms in total. The molecule has 1 aliphatic heterocycles. The average Bonchev–Trinajstić information content (AvgIpc) is 2.96. The van der Waals surface area contributed by atoms with E-state index in [0.29, 0.717) is 24.4 Å². The van der Waals surface area contributed by atoms with Gasteiger partial charge < -0.3 is 14.7 Å². The van der Waals surface area contributed by atoms with Crippen molar-refractivity contribution in [3.8, 4) is 5.75 Å². The number of nitrogens with zero attached hydrogens (tertiary/aromatic N) is 2. The molecule has 5 heteroatoms. The molecule has 24 heavy (non-hydrogen) atoms. The van der Waals surface area contributed by atoms with Crippen molar-refractivity contribution < 1.29 is 14.6 Å². The Bertz CT molecular complexity index is 718. The van der Waals surface area contributed by atoms with Crippen LogP contribution in [0.15, 0.2) is 42.7 Å². The molecular formula is C19H22N2O3. The van der Waals surface area contributed by atoms with Crippen LogP contribution in [0.1, 0.15) is 21.5 Å². The summed E-state index contributed by atoms with van der Waals surface area (Å²) >= 11 is 0. The van der Waals surface area contributed by atoms with E-state index in [4.69, 9.17) is 4.74 Å². The summed E-state index contributed by atoms with van der Waals surface area (Å²) in [7, 11) is 1.60. The van der Waals surface area contributed by atoms with Crippen molar-refractivity contribution in [2.75, 3.05) is 20.2 Å². The molecular weight excluding hydrogens is 304 g/mol. The quantitative estimate of drug-likeness (QED) is 0.934. The van der Waals surface area contributed by atoms with E-state index >= 15 is 0 Å². The number of benzene rings is 1. The highest BCUT2D eigenvalue weighted by atomic mass is 16.5. The molecule has 1 aliphatic rings. The van der Waals surface area contributed by atoms with Crippen LogP contribution in [0.5, 0.6) is 5.75 Å². The zero-order valence-corrected chi connectivity index (χ0v) is 14.0. The van der Waals surface area contributed by atoms with Gasteiger partial charge in [0.15, 0.2) is 0 Å². The number of carbonyl (C=O) groups excluding carboxylic acids is 1. The number of aliphatic hydroxyl groups is 1. The zero-order chi connectivity index (χ0) is 17.1. The van der Waals surface area contributed by atoms with Crippen LogP contribution in [-0.4, -0.2) is 47.2 Å². The third-order valence-corrected chi connectivity index (χ3v) is 4.68. The number of β-amino-alcohol motifs (C(OH)–C–C–N with tert-alkyl or cyclic N) is 1. The number of ether oxygens (including phenoxy) is 1. The zero-order valence-electron chi connectivity index (χ0n) is 14.0. The molecule has 2 heterocycles. The summed E-state index contributed by atoms with van der Waals surface area (Å²) in [5, 5.41) is 10.4. The van der Waals surface area contributed by atoms with Gasteiger partial charge in [0.25, 0.3) is 5.91 Å². The van der Waals surface area contributed by atoms with Crippen molar-refractivity contribution >= 4 is 5.91 Å². The SMILES string of the molecule is COc1cccc(C(=O)N2C[C@@H](Cc3ccncc3)[C@@H](O)C2)c1C. The lowest BCUT2D eigenvalue weighted by molar-refractivity contribution is 0.0763. The second-order valence-corrected chi connectivity index (χ2v) is 6.23. The van der Waals surface area contributed by atoms with Gasteiger partial charge in [-0.15, -0.1) is 0 Å². The van der Waals surface area contributed by atoms with Crippen molar-refractivity contribution in [2.45, 2.75) is 19.4 Å². The first kappa shape index (κ1) is 16.5. The fourth-order valence-corrected chi connectivity index (χ4v) is 3.28. The van der Waals surface area contributed by atoms with Crippen molar-refractivity contribution in [1.82, 2.24) is 9.88 Å². The first-order chi connectivity index (χ1) is 11.6. The lowest BCUT2D eigenvalue weighted by Crippen LogP contribution is -2.30. The molecule has 126 valence electrons. The van der Waals surface area contributed by atoms with E-state index in [1.54, 1.807) is 24.4 Å². The largest absolute Gasteiger partial charge is 0.496 e. The van der Waals surface area contributed by atoms with E-state index in [9.17, 15) is 9.90 Å². The van der Waals surface area contributed by atoms with Crippen LogP contribution in [0.3, 0.4) is 0 Å². The number of likely N-dealkylation sites (tertiary alicyclic amines) is 1. The average molecular weight is 326 g/mol. The highest BCUT2D eigenvalue weighted by Crippen LogP contribution is 2.26. The minimum atomic E-state index is -0.506. The van der Waals surface area contributed by atoms with Crippen LogP contribution in [0, 0.1) is 12.8 Å². The molecule has 1 aromatic carbocycles. The van der Waals surface area contributed by atoms with Gasteiger partial charge in [-0.25, -0.2) is 0 Å². The summed E-state index contributed by atoms with van der Waals surface area (Å²) in [5.41, 5.74) is 2.59. The Kier molecular flexibility index (Phi) is 4.81. The van der Waals surface area contributed by atoms with Crippen molar-refractivity contribution in [3.63, 3.8) is 0 Å². The second kappa shape index (κ2) is 7.01. The van der Waals surface area contributed by atoms with Gasteiger partial charge in [0, 0.05) is 42.5 Å². The number of rotatable bonds is 4. The summed E-state index contributed by atoms with van der Waals surface area (Å²) < 4.78 is 5.29. The smallest absolute Gasteiger partial charge is 0.254 e. The lowest BCUT2D eigenvalue weighted by atomic mass is 9.97. The first-order valence-corrected chi connectivity index (χ1v) is 8.10. The van der Waals surface area contributed by atoms with Gasteiger partial charge in [-0.2, -0.15) is 0 Å². The molecule has 2 atom stereocenters. The Balaban J connectivity index is 1.73. The predicted molar refractivity (Wildman–Crippen MR) is 91.1 cm³/mol. The van der Waals surface area contributed by atoms with Gasteiger partial charge in [-0.05, 0) is 43.2 Å². The van der Waals surface area contributed by atoms with E-state index in [-0.39, 0.29) is 11.8 Å². The van der Waals surface area contributed by atoms with Crippen LogP contribution in [0.25, 0.3) is 0 Å². The maximum atomic E-state index is 12.8. The van der Waals surface area contributed by atoms with Crippen LogP contribution >= 0.6 is 0 Å². The van der Waals surface area contributed by atoms with Crippen LogP contribution < -0.4 is 4.74 Å².